The minimum absolute atomic E-state index is 0.517. The molecule has 0 bridgehead atoms. The number of nitrogens with zero attached hydrogens (tertiary/aromatic N) is 2. The van der Waals surface area contributed by atoms with Crippen LogP contribution in [0.3, 0.4) is 0 Å². The SMILES string of the molecule is Cc1nn(C)cc1C1(O)C2CCCC21. The number of aryl methyl sites for hydroxylation is 2. The maximum Gasteiger partial charge on any atom is 0.0993 e. The summed E-state index contributed by atoms with van der Waals surface area (Å²) in [5.74, 6) is 1.04. The third-order valence-electron chi connectivity index (χ3n) is 3.98. The zero-order valence-corrected chi connectivity index (χ0v) is 8.70. The summed E-state index contributed by atoms with van der Waals surface area (Å²) in [5.41, 5.74) is 1.54. The minimum atomic E-state index is -0.517. The minimum Gasteiger partial charge on any atom is -0.384 e. The van der Waals surface area contributed by atoms with Crippen LogP contribution in [-0.4, -0.2) is 14.9 Å². The predicted octanol–water partition coefficient (Wildman–Crippen LogP) is 1.35. The summed E-state index contributed by atoms with van der Waals surface area (Å²) in [6.45, 7) is 1.99. The van der Waals surface area contributed by atoms with E-state index in [2.05, 4.69) is 5.10 Å². The second kappa shape index (κ2) is 2.40. The molecule has 2 atom stereocenters. The van der Waals surface area contributed by atoms with Gasteiger partial charge in [-0.2, -0.15) is 5.10 Å². The molecule has 1 N–H and O–H groups in total. The first-order chi connectivity index (χ1) is 6.64. The van der Waals surface area contributed by atoms with Gasteiger partial charge in [-0.1, -0.05) is 6.42 Å². The molecule has 0 amide bonds. The number of aliphatic hydroxyl groups is 1. The number of rotatable bonds is 1. The number of hydrogen-bond acceptors (Lipinski definition) is 2. The van der Waals surface area contributed by atoms with Crippen LogP contribution in [0.25, 0.3) is 0 Å². The molecular formula is C11H16N2O. The zero-order valence-electron chi connectivity index (χ0n) is 8.70. The van der Waals surface area contributed by atoms with E-state index in [1.54, 1.807) is 4.68 Å². The van der Waals surface area contributed by atoms with Crippen LogP contribution in [0, 0.1) is 18.8 Å². The molecule has 0 aromatic carbocycles. The molecule has 0 aliphatic heterocycles. The van der Waals surface area contributed by atoms with Gasteiger partial charge in [-0.15, -0.1) is 0 Å². The molecule has 2 aliphatic rings. The highest BCUT2D eigenvalue weighted by molar-refractivity contribution is 5.35. The highest BCUT2D eigenvalue weighted by Crippen LogP contribution is 2.66. The van der Waals surface area contributed by atoms with Gasteiger partial charge in [-0.05, 0) is 31.6 Å². The largest absolute Gasteiger partial charge is 0.384 e. The maximum absolute atomic E-state index is 10.5. The fourth-order valence-corrected chi connectivity index (χ4v) is 3.31. The van der Waals surface area contributed by atoms with Crippen LogP contribution >= 0.6 is 0 Å². The Balaban J connectivity index is 2.00. The fraction of sp³-hybridized carbons (Fsp3) is 0.727. The van der Waals surface area contributed by atoms with E-state index in [1.807, 2.05) is 20.2 Å². The lowest BCUT2D eigenvalue weighted by Gasteiger charge is -2.12. The number of aromatic nitrogens is 2. The lowest BCUT2D eigenvalue weighted by atomic mass is 10.0. The van der Waals surface area contributed by atoms with Gasteiger partial charge in [0.25, 0.3) is 0 Å². The van der Waals surface area contributed by atoms with E-state index >= 15 is 0 Å². The van der Waals surface area contributed by atoms with Gasteiger partial charge in [0, 0.05) is 18.8 Å². The van der Waals surface area contributed by atoms with Crippen LogP contribution < -0.4 is 0 Å². The Morgan fingerprint density at radius 2 is 2.14 bits per heavy atom. The van der Waals surface area contributed by atoms with Crippen molar-refractivity contribution < 1.29 is 5.11 Å². The first-order valence-corrected chi connectivity index (χ1v) is 5.37. The van der Waals surface area contributed by atoms with Gasteiger partial charge in [0.15, 0.2) is 0 Å². The molecule has 2 saturated carbocycles. The number of fused-ring (bicyclic) bond motifs is 1. The third-order valence-corrected chi connectivity index (χ3v) is 3.98. The molecule has 14 heavy (non-hydrogen) atoms. The molecule has 1 heterocycles. The second-order valence-corrected chi connectivity index (χ2v) is 4.77. The van der Waals surface area contributed by atoms with Gasteiger partial charge in [0.05, 0.1) is 11.3 Å². The standard InChI is InChI=1S/C11H16N2O/c1-7-10(6-13(2)12-7)11(14)8-4-3-5-9(8)11/h6,8-9,14H,3-5H2,1-2H3. The summed E-state index contributed by atoms with van der Waals surface area (Å²) >= 11 is 0. The van der Waals surface area contributed by atoms with Crippen molar-refractivity contribution in [3.8, 4) is 0 Å². The summed E-state index contributed by atoms with van der Waals surface area (Å²) in [6.07, 6.45) is 5.65. The number of hydrogen-bond donors (Lipinski definition) is 1. The van der Waals surface area contributed by atoms with Crippen molar-refractivity contribution in [2.24, 2.45) is 18.9 Å². The van der Waals surface area contributed by atoms with Crippen LogP contribution in [0.1, 0.15) is 30.5 Å². The molecule has 3 rings (SSSR count). The van der Waals surface area contributed by atoms with Crippen molar-refractivity contribution in [1.82, 2.24) is 9.78 Å². The normalized spacial score (nSPS) is 39.9. The van der Waals surface area contributed by atoms with Crippen molar-refractivity contribution in [3.63, 3.8) is 0 Å². The highest BCUT2D eigenvalue weighted by atomic mass is 16.3. The first-order valence-electron chi connectivity index (χ1n) is 5.37. The van der Waals surface area contributed by atoms with E-state index in [4.69, 9.17) is 0 Å². The Hall–Kier alpha value is -0.830. The monoisotopic (exact) mass is 192 g/mol. The molecule has 0 saturated heterocycles. The van der Waals surface area contributed by atoms with E-state index in [1.165, 1.54) is 19.3 Å². The smallest absolute Gasteiger partial charge is 0.0993 e. The molecular weight excluding hydrogens is 176 g/mol. The van der Waals surface area contributed by atoms with Gasteiger partial charge >= 0.3 is 0 Å². The zero-order chi connectivity index (χ0) is 9.92. The van der Waals surface area contributed by atoms with E-state index < -0.39 is 5.60 Å². The molecule has 2 unspecified atom stereocenters. The van der Waals surface area contributed by atoms with Gasteiger partial charge in [-0.3, -0.25) is 4.68 Å². The topological polar surface area (TPSA) is 38.0 Å². The van der Waals surface area contributed by atoms with Crippen molar-refractivity contribution in [2.75, 3.05) is 0 Å². The van der Waals surface area contributed by atoms with Crippen molar-refractivity contribution in [2.45, 2.75) is 31.8 Å². The van der Waals surface area contributed by atoms with Gasteiger partial charge in [0.2, 0.25) is 0 Å². The Bertz CT molecular complexity index is 373. The molecule has 2 fully saturated rings. The Morgan fingerprint density at radius 3 is 2.64 bits per heavy atom. The molecule has 0 spiro atoms. The van der Waals surface area contributed by atoms with E-state index in [0.29, 0.717) is 11.8 Å². The Morgan fingerprint density at radius 1 is 1.50 bits per heavy atom. The molecule has 2 aliphatic carbocycles. The molecule has 1 aromatic heterocycles. The van der Waals surface area contributed by atoms with Gasteiger partial charge < -0.3 is 5.11 Å². The molecule has 3 nitrogen and oxygen atoms in total. The summed E-state index contributed by atoms with van der Waals surface area (Å²) < 4.78 is 1.80. The van der Waals surface area contributed by atoms with E-state index in [-0.39, 0.29) is 0 Å². The lowest BCUT2D eigenvalue weighted by Crippen LogP contribution is -2.13. The van der Waals surface area contributed by atoms with E-state index in [0.717, 1.165) is 11.3 Å². The van der Waals surface area contributed by atoms with Crippen LogP contribution in [0.15, 0.2) is 6.20 Å². The Kier molecular flexibility index (Phi) is 1.45. The summed E-state index contributed by atoms with van der Waals surface area (Å²) in [4.78, 5) is 0. The average Bonchev–Trinajstić information content (AvgIpc) is 2.60. The van der Waals surface area contributed by atoms with Crippen LogP contribution in [-0.2, 0) is 12.6 Å². The molecule has 1 aromatic rings. The lowest BCUT2D eigenvalue weighted by molar-refractivity contribution is 0.105. The summed E-state index contributed by atoms with van der Waals surface area (Å²) in [7, 11) is 1.91. The van der Waals surface area contributed by atoms with Crippen LogP contribution in [0.2, 0.25) is 0 Å². The molecule has 3 heteroatoms. The first kappa shape index (κ1) is 8.48. The average molecular weight is 192 g/mol. The van der Waals surface area contributed by atoms with Crippen LogP contribution in [0.5, 0.6) is 0 Å². The second-order valence-electron chi connectivity index (χ2n) is 4.77. The highest BCUT2D eigenvalue weighted by Gasteiger charge is 2.67. The fourth-order valence-electron chi connectivity index (χ4n) is 3.31. The maximum atomic E-state index is 10.5. The van der Waals surface area contributed by atoms with Crippen molar-refractivity contribution >= 4 is 0 Å². The molecule has 76 valence electrons. The van der Waals surface area contributed by atoms with Crippen molar-refractivity contribution in [3.05, 3.63) is 17.5 Å². The quantitative estimate of drug-likeness (QED) is 0.729. The predicted molar refractivity (Wildman–Crippen MR) is 52.7 cm³/mol. The van der Waals surface area contributed by atoms with Crippen LogP contribution in [0.4, 0.5) is 0 Å². The van der Waals surface area contributed by atoms with Gasteiger partial charge in [0.1, 0.15) is 0 Å². The third kappa shape index (κ3) is 0.836. The summed E-state index contributed by atoms with van der Waals surface area (Å²) in [5, 5.41) is 14.8. The van der Waals surface area contributed by atoms with E-state index in [9.17, 15) is 5.11 Å². The summed E-state index contributed by atoms with van der Waals surface area (Å²) in [6, 6.07) is 0. The molecule has 0 radical (unpaired) electrons. The Labute approximate surface area is 83.7 Å². The van der Waals surface area contributed by atoms with Crippen molar-refractivity contribution in [1.29, 1.82) is 0 Å². The van der Waals surface area contributed by atoms with Gasteiger partial charge in [-0.25, -0.2) is 0 Å².